The van der Waals surface area contributed by atoms with Gasteiger partial charge in [-0.15, -0.1) is 0 Å². The topological polar surface area (TPSA) is 78.5 Å². The summed E-state index contributed by atoms with van der Waals surface area (Å²) in [4.78, 5) is 12.1. The van der Waals surface area contributed by atoms with Crippen LogP contribution in [0.4, 0.5) is 5.69 Å². The van der Waals surface area contributed by atoms with Crippen LogP contribution in [0.15, 0.2) is 24.3 Å². The first-order chi connectivity index (χ1) is 11.9. The number of hydrogen-bond acceptors (Lipinski definition) is 4. The van der Waals surface area contributed by atoms with Crippen molar-refractivity contribution in [1.29, 1.82) is 0 Å². The summed E-state index contributed by atoms with van der Waals surface area (Å²) in [7, 11) is -3.12. The maximum absolute atomic E-state index is 12.1. The molecule has 1 aromatic carbocycles. The fraction of sp³-hybridized carbons (Fsp3) is 0.611. The van der Waals surface area contributed by atoms with Crippen molar-refractivity contribution in [2.45, 2.75) is 45.6 Å². The fourth-order valence-electron chi connectivity index (χ4n) is 3.05. The summed E-state index contributed by atoms with van der Waals surface area (Å²) in [6.07, 6.45) is 2.40. The molecule has 0 aliphatic carbocycles. The largest absolute Gasteiger partial charge is 0.384 e. The molecule has 0 aromatic heterocycles. The second-order valence-electron chi connectivity index (χ2n) is 6.55. The molecule has 0 spiro atoms. The number of nitrogens with one attached hydrogen (secondary N) is 2. The molecular weight excluding hydrogens is 338 g/mol. The monoisotopic (exact) mass is 367 g/mol. The van der Waals surface area contributed by atoms with Gasteiger partial charge in [-0.05, 0) is 37.8 Å². The van der Waals surface area contributed by atoms with Crippen molar-refractivity contribution in [2.24, 2.45) is 0 Å². The molecule has 1 aliphatic heterocycles. The number of carbonyl (C=O) groups is 1. The van der Waals surface area contributed by atoms with Crippen molar-refractivity contribution in [2.75, 3.05) is 30.7 Å². The van der Waals surface area contributed by atoms with Crippen LogP contribution in [0.3, 0.4) is 0 Å². The van der Waals surface area contributed by atoms with Crippen LogP contribution in [-0.2, 0) is 14.8 Å². The van der Waals surface area contributed by atoms with E-state index in [1.807, 2.05) is 38.1 Å². The molecule has 140 valence electrons. The average Bonchev–Trinajstić information content (AvgIpc) is 2.57. The lowest BCUT2D eigenvalue weighted by Gasteiger charge is -2.31. The minimum atomic E-state index is -3.12. The van der Waals surface area contributed by atoms with Crippen LogP contribution in [-0.4, -0.2) is 50.1 Å². The van der Waals surface area contributed by atoms with Crippen LogP contribution in [0.5, 0.6) is 0 Å². The van der Waals surface area contributed by atoms with Crippen LogP contribution in [0.2, 0.25) is 0 Å². The van der Waals surface area contributed by atoms with Gasteiger partial charge in [-0.25, -0.2) is 12.7 Å². The number of carbonyl (C=O) groups excluding carboxylic acids is 1. The molecule has 0 unspecified atom stereocenters. The molecule has 7 heteroatoms. The minimum Gasteiger partial charge on any atom is -0.384 e. The second kappa shape index (κ2) is 9.20. The predicted octanol–water partition coefficient (Wildman–Crippen LogP) is 2.12. The Morgan fingerprint density at radius 3 is 2.56 bits per heavy atom. The highest BCUT2D eigenvalue weighted by molar-refractivity contribution is 7.89. The summed E-state index contributed by atoms with van der Waals surface area (Å²) in [5.74, 6) is 0.213. The van der Waals surface area contributed by atoms with Gasteiger partial charge in [-0.3, -0.25) is 4.79 Å². The third-order valence-electron chi connectivity index (χ3n) is 4.49. The van der Waals surface area contributed by atoms with Gasteiger partial charge in [0, 0.05) is 37.8 Å². The van der Waals surface area contributed by atoms with Gasteiger partial charge in [-0.2, -0.15) is 0 Å². The van der Waals surface area contributed by atoms with E-state index in [-0.39, 0.29) is 17.7 Å². The third kappa shape index (κ3) is 6.01. The SMILES string of the molecule is CCCS(=O)(=O)N1CCC(NC(=O)CCNc2ccccc2C)CC1. The van der Waals surface area contributed by atoms with Gasteiger partial charge >= 0.3 is 0 Å². The second-order valence-corrected chi connectivity index (χ2v) is 8.64. The standard InChI is InChI=1S/C18H29N3O3S/c1-3-14-25(23,24)21-12-9-16(10-13-21)20-18(22)8-11-19-17-7-5-4-6-15(17)2/h4-7,16,19H,3,8-14H2,1-2H3,(H,20,22). The third-order valence-corrected chi connectivity index (χ3v) is 6.56. The molecule has 0 bridgehead atoms. The molecule has 0 saturated carbocycles. The lowest BCUT2D eigenvalue weighted by molar-refractivity contribution is -0.121. The summed E-state index contributed by atoms with van der Waals surface area (Å²) < 4.78 is 25.7. The van der Waals surface area contributed by atoms with Gasteiger partial charge < -0.3 is 10.6 Å². The Balaban J connectivity index is 1.69. The molecule has 1 aliphatic rings. The lowest BCUT2D eigenvalue weighted by atomic mass is 10.1. The normalized spacial score (nSPS) is 16.6. The summed E-state index contributed by atoms with van der Waals surface area (Å²) in [5, 5.41) is 6.30. The van der Waals surface area contributed by atoms with Gasteiger partial charge in [0.05, 0.1) is 5.75 Å². The molecule has 1 saturated heterocycles. The molecular formula is C18H29N3O3S. The number of rotatable bonds is 8. The van der Waals surface area contributed by atoms with E-state index < -0.39 is 10.0 Å². The molecule has 0 radical (unpaired) electrons. The molecule has 6 nitrogen and oxygen atoms in total. The molecule has 2 rings (SSSR count). The summed E-state index contributed by atoms with van der Waals surface area (Å²) >= 11 is 0. The summed E-state index contributed by atoms with van der Waals surface area (Å²) in [6.45, 7) is 5.47. The highest BCUT2D eigenvalue weighted by Gasteiger charge is 2.27. The smallest absolute Gasteiger partial charge is 0.221 e. The Bertz CT molecular complexity index is 668. The Kier molecular flexibility index (Phi) is 7.25. The number of aryl methyl sites for hydroxylation is 1. The van der Waals surface area contributed by atoms with E-state index in [9.17, 15) is 13.2 Å². The highest BCUT2D eigenvalue weighted by Crippen LogP contribution is 2.16. The van der Waals surface area contributed by atoms with Gasteiger partial charge in [0.15, 0.2) is 0 Å². The van der Waals surface area contributed by atoms with Gasteiger partial charge in [0.25, 0.3) is 0 Å². The van der Waals surface area contributed by atoms with Crippen molar-refractivity contribution in [3.8, 4) is 0 Å². The molecule has 1 heterocycles. The van der Waals surface area contributed by atoms with E-state index >= 15 is 0 Å². The zero-order valence-corrected chi connectivity index (χ0v) is 15.9. The average molecular weight is 368 g/mol. The minimum absolute atomic E-state index is 0.0101. The quantitative estimate of drug-likeness (QED) is 0.738. The van der Waals surface area contributed by atoms with Crippen molar-refractivity contribution < 1.29 is 13.2 Å². The number of hydrogen-bond donors (Lipinski definition) is 2. The zero-order valence-electron chi connectivity index (χ0n) is 15.1. The van der Waals surface area contributed by atoms with Crippen LogP contribution < -0.4 is 10.6 Å². The van der Waals surface area contributed by atoms with Crippen LogP contribution >= 0.6 is 0 Å². The number of sulfonamides is 1. The Morgan fingerprint density at radius 2 is 1.92 bits per heavy atom. The van der Waals surface area contributed by atoms with Gasteiger partial charge in [0.1, 0.15) is 0 Å². The Labute approximate surface area is 151 Å². The van der Waals surface area contributed by atoms with Crippen molar-refractivity contribution >= 4 is 21.6 Å². The number of nitrogens with zero attached hydrogens (tertiary/aromatic N) is 1. The van der Waals surface area contributed by atoms with E-state index in [4.69, 9.17) is 0 Å². The number of para-hydroxylation sites is 1. The van der Waals surface area contributed by atoms with Gasteiger partial charge in [0.2, 0.25) is 15.9 Å². The summed E-state index contributed by atoms with van der Waals surface area (Å²) in [6, 6.07) is 8.05. The van der Waals surface area contributed by atoms with E-state index in [1.54, 1.807) is 4.31 Å². The molecule has 0 atom stereocenters. The number of benzene rings is 1. The number of amides is 1. The van der Waals surface area contributed by atoms with Crippen molar-refractivity contribution in [3.05, 3.63) is 29.8 Å². The lowest BCUT2D eigenvalue weighted by Crippen LogP contribution is -2.47. The van der Waals surface area contributed by atoms with Crippen LogP contribution in [0, 0.1) is 6.92 Å². The van der Waals surface area contributed by atoms with E-state index in [0.717, 1.165) is 11.3 Å². The van der Waals surface area contributed by atoms with Crippen LogP contribution in [0.25, 0.3) is 0 Å². The molecule has 1 aromatic rings. The predicted molar refractivity (Wildman–Crippen MR) is 101 cm³/mol. The maximum atomic E-state index is 12.1. The highest BCUT2D eigenvalue weighted by atomic mass is 32.2. The molecule has 2 N–H and O–H groups in total. The Hall–Kier alpha value is -1.60. The number of piperidine rings is 1. The number of anilines is 1. The van der Waals surface area contributed by atoms with E-state index in [1.165, 1.54) is 0 Å². The first kappa shape index (κ1) is 19.7. The zero-order chi connectivity index (χ0) is 18.3. The first-order valence-corrected chi connectivity index (χ1v) is 10.6. The maximum Gasteiger partial charge on any atom is 0.221 e. The van der Waals surface area contributed by atoms with Gasteiger partial charge in [-0.1, -0.05) is 25.1 Å². The molecule has 1 fully saturated rings. The van der Waals surface area contributed by atoms with Crippen molar-refractivity contribution in [3.63, 3.8) is 0 Å². The first-order valence-electron chi connectivity index (χ1n) is 8.99. The van der Waals surface area contributed by atoms with E-state index in [0.29, 0.717) is 45.3 Å². The van der Waals surface area contributed by atoms with Crippen LogP contribution in [0.1, 0.15) is 38.2 Å². The van der Waals surface area contributed by atoms with E-state index in [2.05, 4.69) is 10.6 Å². The fourth-order valence-corrected chi connectivity index (χ4v) is 4.59. The molecule has 1 amide bonds. The molecule has 25 heavy (non-hydrogen) atoms. The van der Waals surface area contributed by atoms with Crippen molar-refractivity contribution in [1.82, 2.24) is 9.62 Å². The Morgan fingerprint density at radius 1 is 1.24 bits per heavy atom. The summed E-state index contributed by atoms with van der Waals surface area (Å²) in [5.41, 5.74) is 2.20.